The minimum absolute atomic E-state index is 0.170. The fourth-order valence-corrected chi connectivity index (χ4v) is 5.94. The van der Waals surface area contributed by atoms with E-state index in [4.69, 9.17) is 0 Å². The molecule has 0 heterocycles. The van der Waals surface area contributed by atoms with Crippen molar-refractivity contribution in [3.05, 3.63) is 58.7 Å². The van der Waals surface area contributed by atoms with Gasteiger partial charge >= 0.3 is 0 Å². The molecule has 0 amide bonds. The van der Waals surface area contributed by atoms with Gasteiger partial charge in [-0.15, -0.1) is 0 Å². The van der Waals surface area contributed by atoms with E-state index in [9.17, 15) is 10.5 Å². The Balaban J connectivity index is 2.28. The molecule has 3 rings (SSSR count). The van der Waals surface area contributed by atoms with E-state index in [1.807, 2.05) is 12.1 Å². The summed E-state index contributed by atoms with van der Waals surface area (Å²) in [5, 5.41) is 18.8. The van der Waals surface area contributed by atoms with Crippen LogP contribution in [0.4, 0.5) is 0 Å². The molecule has 0 aromatic heterocycles. The number of hydrogen-bond donors (Lipinski definition) is 2. The van der Waals surface area contributed by atoms with E-state index in [-0.39, 0.29) is 22.7 Å². The first-order valence-corrected chi connectivity index (χ1v) is 11.4. The molecule has 4 heteroatoms. The van der Waals surface area contributed by atoms with Gasteiger partial charge in [-0.1, -0.05) is 72.7 Å². The molecule has 0 aliphatic heterocycles. The molecule has 1 saturated carbocycles. The van der Waals surface area contributed by atoms with Gasteiger partial charge < -0.3 is 9.78 Å². The van der Waals surface area contributed by atoms with Crippen molar-refractivity contribution in [2.24, 2.45) is 11.3 Å². The second-order valence-electron chi connectivity index (χ2n) is 10.9. The summed E-state index contributed by atoms with van der Waals surface area (Å²) < 4.78 is 0. The summed E-state index contributed by atoms with van der Waals surface area (Å²) in [6.07, 6.45) is 3.26. The molecule has 4 nitrogen and oxygen atoms in total. The van der Waals surface area contributed by atoms with Crippen molar-refractivity contribution in [2.45, 2.75) is 85.0 Å². The van der Waals surface area contributed by atoms with E-state index < -0.39 is 0 Å². The fourth-order valence-electron chi connectivity index (χ4n) is 5.94. The molecule has 31 heavy (non-hydrogen) atoms. The molecule has 1 fully saturated rings. The highest BCUT2D eigenvalue weighted by Gasteiger charge is 2.45. The van der Waals surface area contributed by atoms with Crippen LogP contribution in [0.1, 0.15) is 102 Å². The van der Waals surface area contributed by atoms with Gasteiger partial charge in [-0.05, 0) is 65.7 Å². The van der Waals surface area contributed by atoms with Crippen LogP contribution in [0.15, 0.2) is 36.4 Å². The Bertz CT molecular complexity index is 854. The van der Waals surface area contributed by atoms with E-state index in [0.29, 0.717) is 17.4 Å². The standard InChI is InChI=1S/C27H38O4/c1-17(2)22-12-20(8-10-24(22)30-28)27(15-19(5)14-26(6,7)16-27)21-9-11-25(31-29)23(13-21)18(3)4/h8-13,17-19,28-29H,14-16H2,1-7H3. The van der Waals surface area contributed by atoms with Crippen molar-refractivity contribution < 1.29 is 20.3 Å². The number of hydrogen-bond acceptors (Lipinski definition) is 4. The zero-order valence-electron chi connectivity index (χ0n) is 20.0. The number of rotatable bonds is 6. The Morgan fingerprint density at radius 3 is 1.61 bits per heavy atom. The summed E-state index contributed by atoms with van der Waals surface area (Å²) >= 11 is 0. The largest absolute Gasteiger partial charge is 0.340 e. The topological polar surface area (TPSA) is 58.9 Å². The lowest BCUT2D eigenvalue weighted by atomic mass is 9.55. The molecule has 1 unspecified atom stereocenters. The summed E-state index contributed by atoms with van der Waals surface area (Å²) in [6, 6.07) is 12.4. The van der Waals surface area contributed by atoms with Crippen LogP contribution in [-0.2, 0) is 5.41 Å². The number of benzene rings is 2. The Labute approximate surface area is 187 Å². The molecule has 2 aromatic rings. The highest BCUT2D eigenvalue weighted by molar-refractivity contribution is 5.50. The summed E-state index contributed by atoms with van der Waals surface area (Å²) in [5.74, 6) is 2.05. The molecule has 0 saturated heterocycles. The molecule has 1 aliphatic carbocycles. The molecule has 0 bridgehead atoms. The van der Waals surface area contributed by atoms with Gasteiger partial charge in [0, 0.05) is 16.5 Å². The van der Waals surface area contributed by atoms with Crippen LogP contribution in [0.3, 0.4) is 0 Å². The van der Waals surface area contributed by atoms with Crippen molar-refractivity contribution in [1.82, 2.24) is 0 Å². The molecule has 1 aliphatic rings. The minimum atomic E-state index is -0.170. The minimum Gasteiger partial charge on any atom is -0.340 e. The lowest BCUT2D eigenvalue weighted by molar-refractivity contribution is -0.138. The van der Waals surface area contributed by atoms with Crippen LogP contribution in [0.5, 0.6) is 11.5 Å². The molecule has 0 radical (unpaired) electrons. The Kier molecular flexibility index (Phi) is 6.73. The van der Waals surface area contributed by atoms with Crippen molar-refractivity contribution in [3.63, 3.8) is 0 Å². The van der Waals surface area contributed by atoms with Crippen molar-refractivity contribution in [1.29, 1.82) is 0 Å². The van der Waals surface area contributed by atoms with Gasteiger partial charge in [0.15, 0.2) is 11.5 Å². The van der Waals surface area contributed by atoms with Crippen molar-refractivity contribution in [2.75, 3.05) is 0 Å². The predicted molar refractivity (Wildman–Crippen MR) is 125 cm³/mol. The molecule has 0 spiro atoms. The van der Waals surface area contributed by atoms with E-state index in [1.165, 1.54) is 17.5 Å². The van der Waals surface area contributed by atoms with E-state index in [1.54, 1.807) is 0 Å². The maximum atomic E-state index is 9.39. The van der Waals surface area contributed by atoms with E-state index in [0.717, 1.165) is 24.0 Å². The molecule has 2 aromatic carbocycles. The Morgan fingerprint density at radius 1 is 0.806 bits per heavy atom. The van der Waals surface area contributed by atoms with Crippen molar-refractivity contribution >= 4 is 0 Å². The zero-order valence-corrected chi connectivity index (χ0v) is 20.0. The van der Waals surface area contributed by atoms with Crippen LogP contribution < -0.4 is 9.78 Å². The van der Waals surface area contributed by atoms with E-state index >= 15 is 0 Å². The normalized spacial score (nSPS) is 20.2. The van der Waals surface area contributed by atoms with E-state index in [2.05, 4.69) is 82.5 Å². The van der Waals surface area contributed by atoms with Crippen LogP contribution >= 0.6 is 0 Å². The van der Waals surface area contributed by atoms with Gasteiger partial charge in [0.2, 0.25) is 0 Å². The molecule has 1 atom stereocenters. The third kappa shape index (κ3) is 4.61. The van der Waals surface area contributed by atoms with Crippen LogP contribution in [0, 0.1) is 11.3 Å². The van der Waals surface area contributed by atoms with Crippen molar-refractivity contribution in [3.8, 4) is 11.5 Å². The first-order valence-electron chi connectivity index (χ1n) is 11.4. The lowest BCUT2D eigenvalue weighted by Gasteiger charge is -2.49. The lowest BCUT2D eigenvalue weighted by Crippen LogP contribution is -2.41. The second kappa shape index (κ2) is 8.84. The van der Waals surface area contributed by atoms with Gasteiger partial charge in [0.1, 0.15) is 0 Å². The summed E-state index contributed by atoms with van der Waals surface area (Å²) in [5.41, 5.74) is 4.54. The van der Waals surface area contributed by atoms with Gasteiger partial charge in [-0.3, -0.25) is 0 Å². The van der Waals surface area contributed by atoms with Gasteiger partial charge in [0.05, 0.1) is 0 Å². The highest BCUT2D eigenvalue weighted by atomic mass is 17.1. The zero-order chi connectivity index (χ0) is 23.0. The molecule has 2 N–H and O–H groups in total. The van der Waals surface area contributed by atoms with Crippen LogP contribution in [0.25, 0.3) is 0 Å². The molecular formula is C27H38O4. The molecule has 170 valence electrons. The Hall–Kier alpha value is -2.04. The second-order valence-corrected chi connectivity index (χ2v) is 10.9. The summed E-state index contributed by atoms with van der Waals surface area (Å²) in [6.45, 7) is 15.5. The summed E-state index contributed by atoms with van der Waals surface area (Å²) in [4.78, 5) is 9.37. The quantitative estimate of drug-likeness (QED) is 0.366. The third-order valence-corrected chi connectivity index (χ3v) is 6.94. The average Bonchev–Trinajstić information content (AvgIpc) is 2.71. The maximum absolute atomic E-state index is 9.39. The van der Waals surface area contributed by atoms with Gasteiger partial charge in [0.25, 0.3) is 0 Å². The first kappa shape index (κ1) is 23.6. The van der Waals surface area contributed by atoms with Crippen LogP contribution in [-0.4, -0.2) is 10.5 Å². The van der Waals surface area contributed by atoms with Crippen LogP contribution in [0.2, 0.25) is 0 Å². The fraction of sp³-hybridized carbons (Fsp3) is 0.556. The molecular weight excluding hydrogens is 388 g/mol. The highest BCUT2D eigenvalue weighted by Crippen LogP contribution is 2.54. The third-order valence-electron chi connectivity index (χ3n) is 6.94. The maximum Gasteiger partial charge on any atom is 0.168 e. The van der Waals surface area contributed by atoms with Gasteiger partial charge in [-0.25, -0.2) is 10.5 Å². The summed E-state index contributed by atoms with van der Waals surface area (Å²) in [7, 11) is 0. The Morgan fingerprint density at radius 2 is 1.26 bits per heavy atom. The average molecular weight is 427 g/mol. The predicted octanol–water partition coefficient (Wildman–Crippen LogP) is 7.77. The monoisotopic (exact) mass is 426 g/mol. The first-order chi connectivity index (χ1) is 14.5. The SMILES string of the molecule is CC1CC(C)(C)CC(c2ccc(OO)c(C(C)C)c2)(c2ccc(OO)c(C(C)C)c2)C1. The van der Waals surface area contributed by atoms with Gasteiger partial charge in [-0.2, -0.15) is 0 Å². The smallest absolute Gasteiger partial charge is 0.168 e.